The molecule has 1 heterocycles. The second kappa shape index (κ2) is 3.62. The van der Waals surface area contributed by atoms with Crippen LogP contribution in [0.4, 0.5) is 0 Å². The highest BCUT2D eigenvalue weighted by Gasteiger charge is 1.95. The van der Waals surface area contributed by atoms with Gasteiger partial charge in [0.1, 0.15) is 0 Å². The van der Waals surface area contributed by atoms with Gasteiger partial charge in [0.15, 0.2) is 0 Å². The Morgan fingerprint density at radius 2 is 2.00 bits per heavy atom. The Hall–Kier alpha value is -1.29. The molecule has 0 radical (unpaired) electrons. The molecular formula is C9H9N3S. The van der Waals surface area contributed by atoms with E-state index < -0.39 is 0 Å². The van der Waals surface area contributed by atoms with Gasteiger partial charge in [0.2, 0.25) is 0 Å². The summed E-state index contributed by atoms with van der Waals surface area (Å²) in [6, 6.07) is 8.06. The van der Waals surface area contributed by atoms with Gasteiger partial charge in [-0.25, -0.2) is 4.68 Å². The highest BCUT2D eigenvalue weighted by atomic mass is 32.1. The van der Waals surface area contributed by atoms with E-state index in [2.05, 4.69) is 22.9 Å². The SMILES string of the molecule is SCc1ccc(-n2ccnn2)cc1. The molecule has 0 unspecified atom stereocenters. The van der Waals surface area contributed by atoms with Gasteiger partial charge in [-0.1, -0.05) is 17.3 Å². The average Bonchev–Trinajstić information content (AvgIpc) is 2.71. The first-order valence-electron chi connectivity index (χ1n) is 3.96. The maximum absolute atomic E-state index is 4.18. The van der Waals surface area contributed by atoms with Gasteiger partial charge >= 0.3 is 0 Å². The van der Waals surface area contributed by atoms with E-state index in [1.165, 1.54) is 5.56 Å². The molecule has 1 aromatic heterocycles. The molecule has 13 heavy (non-hydrogen) atoms. The number of nitrogens with zero attached hydrogens (tertiary/aromatic N) is 3. The molecule has 0 saturated heterocycles. The van der Waals surface area contributed by atoms with Crippen molar-refractivity contribution < 1.29 is 0 Å². The largest absolute Gasteiger partial charge is 0.221 e. The molecule has 0 aliphatic heterocycles. The minimum atomic E-state index is 0.762. The molecular weight excluding hydrogens is 182 g/mol. The minimum absolute atomic E-state index is 0.762. The molecule has 0 fully saturated rings. The number of hydrogen-bond acceptors (Lipinski definition) is 3. The predicted molar refractivity (Wildman–Crippen MR) is 54.0 cm³/mol. The molecule has 0 N–H and O–H groups in total. The Morgan fingerprint density at radius 3 is 2.54 bits per heavy atom. The molecule has 1 aromatic carbocycles. The van der Waals surface area contributed by atoms with Crippen LogP contribution >= 0.6 is 12.6 Å². The summed E-state index contributed by atoms with van der Waals surface area (Å²) in [5, 5.41) is 7.63. The Labute approximate surface area is 81.8 Å². The number of hydrogen-bond donors (Lipinski definition) is 1. The Morgan fingerprint density at radius 1 is 1.23 bits per heavy atom. The third-order valence-corrected chi connectivity index (χ3v) is 2.17. The summed E-state index contributed by atoms with van der Waals surface area (Å²) in [6.45, 7) is 0. The van der Waals surface area contributed by atoms with E-state index in [0.717, 1.165) is 11.4 Å². The third-order valence-electron chi connectivity index (χ3n) is 1.81. The van der Waals surface area contributed by atoms with Gasteiger partial charge in [-0.2, -0.15) is 12.6 Å². The summed E-state index contributed by atoms with van der Waals surface area (Å²) < 4.78 is 1.72. The number of aromatic nitrogens is 3. The molecule has 0 saturated carbocycles. The fourth-order valence-corrected chi connectivity index (χ4v) is 1.31. The van der Waals surface area contributed by atoms with Crippen LogP contribution in [0.25, 0.3) is 5.69 Å². The quantitative estimate of drug-likeness (QED) is 0.732. The van der Waals surface area contributed by atoms with Crippen molar-refractivity contribution in [2.24, 2.45) is 0 Å². The first kappa shape index (κ1) is 8.31. The van der Waals surface area contributed by atoms with Gasteiger partial charge in [-0.05, 0) is 17.7 Å². The van der Waals surface area contributed by atoms with E-state index in [-0.39, 0.29) is 0 Å². The second-order valence-electron chi connectivity index (χ2n) is 2.67. The van der Waals surface area contributed by atoms with Gasteiger partial charge in [0, 0.05) is 5.75 Å². The van der Waals surface area contributed by atoms with Crippen LogP contribution in [0.15, 0.2) is 36.7 Å². The lowest BCUT2D eigenvalue weighted by Crippen LogP contribution is -1.94. The monoisotopic (exact) mass is 191 g/mol. The molecule has 0 bridgehead atoms. The van der Waals surface area contributed by atoms with Crippen molar-refractivity contribution in [1.29, 1.82) is 0 Å². The van der Waals surface area contributed by atoms with Crippen LogP contribution in [0, 0.1) is 0 Å². The topological polar surface area (TPSA) is 30.7 Å². The van der Waals surface area contributed by atoms with E-state index in [1.807, 2.05) is 30.5 Å². The number of rotatable bonds is 2. The third kappa shape index (κ3) is 1.72. The first-order valence-corrected chi connectivity index (χ1v) is 4.60. The van der Waals surface area contributed by atoms with Gasteiger partial charge in [0.25, 0.3) is 0 Å². The van der Waals surface area contributed by atoms with Crippen LogP contribution in [-0.2, 0) is 5.75 Å². The number of thiol groups is 1. The molecule has 0 spiro atoms. The van der Waals surface area contributed by atoms with Crippen molar-refractivity contribution in [2.45, 2.75) is 5.75 Å². The Bertz CT molecular complexity index is 366. The van der Waals surface area contributed by atoms with E-state index in [1.54, 1.807) is 10.9 Å². The summed E-state index contributed by atoms with van der Waals surface area (Å²) in [5.74, 6) is 0.762. The average molecular weight is 191 g/mol. The fraction of sp³-hybridized carbons (Fsp3) is 0.111. The fourth-order valence-electron chi connectivity index (χ4n) is 1.10. The molecule has 0 atom stereocenters. The predicted octanol–water partition coefficient (Wildman–Crippen LogP) is 1.70. The van der Waals surface area contributed by atoms with Crippen molar-refractivity contribution in [3.8, 4) is 5.69 Å². The van der Waals surface area contributed by atoms with Crippen LogP contribution in [0.1, 0.15) is 5.56 Å². The Kier molecular flexibility index (Phi) is 2.31. The molecule has 0 aliphatic carbocycles. The van der Waals surface area contributed by atoms with E-state index in [4.69, 9.17) is 0 Å². The Balaban J connectivity index is 2.33. The molecule has 4 heteroatoms. The van der Waals surface area contributed by atoms with Crippen molar-refractivity contribution in [3.05, 3.63) is 42.2 Å². The lowest BCUT2D eigenvalue weighted by Gasteiger charge is -2.00. The van der Waals surface area contributed by atoms with Crippen LogP contribution in [0.2, 0.25) is 0 Å². The van der Waals surface area contributed by atoms with Gasteiger partial charge in [0.05, 0.1) is 18.1 Å². The van der Waals surface area contributed by atoms with Gasteiger partial charge < -0.3 is 0 Å². The van der Waals surface area contributed by atoms with Crippen LogP contribution < -0.4 is 0 Å². The number of benzene rings is 1. The van der Waals surface area contributed by atoms with Gasteiger partial charge in [-0.15, -0.1) is 5.10 Å². The molecule has 2 rings (SSSR count). The highest BCUT2D eigenvalue weighted by Crippen LogP contribution is 2.09. The standard InChI is InChI=1S/C9H9N3S/c13-7-8-1-3-9(4-2-8)12-6-5-10-11-12/h1-6,13H,7H2. The maximum Gasteiger partial charge on any atom is 0.0697 e. The summed E-state index contributed by atoms with van der Waals surface area (Å²) in [5.41, 5.74) is 2.22. The van der Waals surface area contributed by atoms with E-state index in [9.17, 15) is 0 Å². The summed E-state index contributed by atoms with van der Waals surface area (Å²) in [6.07, 6.45) is 3.47. The zero-order valence-corrected chi connectivity index (χ0v) is 7.85. The minimum Gasteiger partial charge on any atom is -0.221 e. The van der Waals surface area contributed by atoms with Crippen molar-refractivity contribution in [2.75, 3.05) is 0 Å². The summed E-state index contributed by atoms with van der Waals surface area (Å²) >= 11 is 4.18. The highest BCUT2D eigenvalue weighted by molar-refractivity contribution is 7.79. The molecule has 0 aliphatic rings. The summed E-state index contributed by atoms with van der Waals surface area (Å²) in [4.78, 5) is 0. The van der Waals surface area contributed by atoms with E-state index >= 15 is 0 Å². The van der Waals surface area contributed by atoms with Crippen LogP contribution in [-0.4, -0.2) is 15.0 Å². The maximum atomic E-state index is 4.18. The normalized spacial score (nSPS) is 10.2. The second-order valence-corrected chi connectivity index (χ2v) is 2.99. The van der Waals surface area contributed by atoms with Crippen molar-refractivity contribution >= 4 is 12.6 Å². The van der Waals surface area contributed by atoms with Gasteiger partial charge in [-0.3, -0.25) is 0 Å². The van der Waals surface area contributed by atoms with Crippen molar-refractivity contribution in [3.63, 3.8) is 0 Å². The molecule has 66 valence electrons. The summed E-state index contributed by atoms with van der Waals surface area (Å²) in [7, 11) is 0. The van der Waals surface area contributed by atoms with E-state index in [0.29, 0.717) is 0 Å². The van der Waals surface area contributed by atoms with Crippen LogP contribution in [0.3, 0.4) is 0 Å². The molecule has 3 nitrogen and oxygen atoms in total. The molecule has 0 amide bonds. The van der Waals surface area contributed by atoms with Crippen molar-refractivity contribution in [1.82, 2.24) is 15.0 Å². The lowest BCUT2D eigenvalue weighted by molar-refractivity contribution is 0.803. The lowest BCUT2D eigenvalue weighted by atomic mass is 10.2. The van der Waals surface area contributed by atoms with Crippen LogP contribution in [0.5, 0.6) is 0 Å². The zero-order valence-electron chi connectivity index (χ0n) is 6.96. The smallest absolute Gasteiger partial charge is 0.0697 e. The zero-order chi connectivity index (χ0) is 9.10. The molecule has 2 aromatic rings. The first-order chi connectivity index (χ1) is 6.40.